The fraction of sp³-hybridized carbons (Fsp3) is 0.571. The van der Waals surface area contributed by atoms with Crippen molar-refractivity contribution in [3.05, 3.63) is 24.0 Å². The number of piperidine rings is 1. The van der Waals surface area contributed by atoms with E-state index in [4.69, 9.17) is 0 Å². The fourth-order valence-electron chi connectivity index (χ4n) is 2.42. The van der Waals surface area contributed by atoms with Crippen LogP contribution in [-0.2, 0) is 0 Å². The summed E-state index contributed by atoms with van der Waals surface area (Å²) in [5.74, 6) is 0.629. The van der Waals surface area contributed by atoms with Gasteiger partial charge in [0.05, 0.1) is 0 Å². The Kier molecular flexibility index (Phi) is 3.84. The van der Waals surface area contributed by atoms with E-state index in [2.05, 4.69) is 24.1 Å². The van der Waals surface area contributed by atoms with Crippen LogP contribution in [-0.4, -0.2) is 35.4 Å². The van der Waals surface area contributed by atoms with Crippen molar-refractivity contribution in [3.63, 3.8) is 0 Å². The maximum absolute atomic E-state index is 12.5. The van der Waals surface area contributed by atoms with Gasteiger partial charge >= 0.3 is 0 Å². The van der Waals surface area contributed by atoms with Crippen LogP contribution in [0.25, 0.3) is 0 Å². The van der Waals surface area contributed by atoms with E-state index >= 15 is 0 Å². The molecule has 1 saturated heterocycles. The number of rotatable bonds is 2. The minimum atomic E-state index is 0.0474. The van der Waals surface area contributed by atoms with Gasteiger partial charge in [-0.3, -0.25) is 9.78 Å². The van der Waals surface area contributed by atoms with Crippen LogP contribution < -0.4 is 5.32 Å². The summed E-state index contributed by atoms with van der Waals surface area (Å²) in [6.45, 7) is 5.15. The number of aromatic nitrogens is 1. The molecule has 4 heteroatoms. The van der Waals surface area contributed by atoms with Crippen molar-refractivity contribution in [2.45, 2.75) is 32.7 Å². The van der Waals surface area contributed by atoms with Crippen LogP contribution in [0.15, 0.2) is 18.3 Å². The number of likely N-dealkylation sites (tertiary alicyclic amines) is 1. The Morgan fingerprint density at radius 2 is 2.22 bits per heavy atom. The zero-order valence-corrected chi connectivity index (χ0v) is 11.3. The standard InChI is InChI=1S/C14H21N3O/c1-10-4-5-11(2)17(9-10)14(18)13-8-12(15-3)6-7-16-13/h6-8,10-11H,4-5,9H2,1-3H3,(H,15,16). The summed E-state index contributed by atoms with van der Waals surface area (Å²) in [5, 5.41) is 3.03. The lowest BCUT2D eigenvalue weighted by atomic mass is 9.95. The minimum Gasteiger partial charge on any atom is -0.388 e. The van der Waals surface area contributed by atoms with E-state index in [0.717, 1.165) is 18.7 Å². The number of hydrogen-bond acceptors (Lipinski definition) is 3. The van der Waals surface area contributed by atoms with Crippen LogP contribution in [0.4, 0.5) is 5.69 Å². The molecule has 18 heavy (non-hydrogen) atoms. The highest BCUT2D eigenvalue weighted by molar-refractivity contribution is 5.93. The average molecular weight is 247 g/mol. The topological polar surface area (TPSA) is 45.2 Å². The van der Waals surface area contributed by atoms with E-state index in [-0.39, 0.29) is 5.91 Å². The number of amides is 1. The van der Waals surface area contributed by atoms with Gasteiger partial charge in [-0.2, -0.15) is 0 Å². The lowest BCUT2D eigenvalue weighted by molar-refractivity contribution is 0.0568. The molecular formula is C14H21N3O. The fourth-order valence-corrected chi connectivity index (χ4v) is 2.42. The number of anilines is 1. The van der Waals surface area contributed by atoms with Crippen molar-refractivity contribution >= 4 is 11.6 Å². The van der Waals surface area contributed by atoms with Gasteiger partial charge in [0.15, 0.2) is 0 Å². The second-order valence-electron chi connectivity index (χ2n) is 5.17. The average Bonchev–Trinajstić information content (AvgIpc) is 2.41. The van der Waals surface area contributed by atoms with E-state index in [1.807, 2.05) is 24.1 Å². The molecule has 2 unspecified atom stereocenters. The first-order chi connectivity index (χ1) is 8.61. The highest BCUT2D eigenvalue weighted by atomic mass is 16.2. The third-order valence-corrected chi connectivity index (χ3v) is 3.65. The monoisotopic (exact) mass is 247 g/mol. The summed E-state index contributed by atoms with van der Waals surface area (Å²) in [7, 11) is 1.84. The lowest BCUT2D eigenvalue weighted by Gasteiger charge is -2.36. The molecule has 1 N–H and O–H groups in total. The van der Waals surface area contributed by atoms with Crippen molar-refractivity contribution < 1.29 is 4.79 Å². The van der Waals surface area contributed by atoms with Crippen LogP contribution >= 0.6 is 0 Å². The highest BCUT2D eigenvalue weighted by Crippen LogP contribution is 2.23. The molecule has 1 aromatic heterocycles. The summed E-state index contributed by atoms with van der Waals surface area (Å²) in [6.07, 6.45) is 3.96. The second-order valence-corrected chi connectivity index (χ2v) is 5.17. The Morgan fingerprint density at radius 3 is 2.94 bits per heavy atom. The summed E-state index contributed by atoms with van der Waals surface area (Å²) >= 11 is 0. The number of nitrogens with zero attached hydrogens (tertiary/aromatic N) is 2. The molecule has 0 bridgehead atoms. The molecular weight excluding hydrogens is 226 g/mol. The molecule has 98 valence electrons. The van der Waals surface area contributed by atoms with Gasteiger partial charge in [-0.15, -0.1) is 0 Å². The molecule has 0 aliphatic carbocycles. The van der Waals surface area contributed by atoms with E-state index in [1.165, 1.54) is 6.42 Å². The van der Waals surface area contributed by atoms with Gasteiger partial charge in [0.25, 0.3) is 5.91 Å². The smallest absolute Gasteiger partial charge is 0.272 e. The summed E-state index contributed by atoms with van der Waals surface area (Å²) < 4.78 is 0. The zero-order chi connectivity index (χ0) is 13.1. The highest BCUT2D eigenvalue weighted by Gasteiger charge is 2.28. The number of carbonyl (C=O) groups is 1. The van der Waals surface area contributed by atoms with E-state index < -0.39 is 0 Å². The molecule has 0 saturated carbocycles. The van der Waals surface area contributed by atoms with Crippen LogP contribution in [0, 0.1) is 5.92 Å². The van der Waals surface area contributed by atoms with Gasteiger partial charge in [0, 0.05) is 31.5 Å². The molecule has 1 aromatic rings. The molecule has 0 aromatic carbocycles. The third kappa shape index (κ3) is 2.63. The van der Waals surface area contributed by atoms with E-state index in [1.54, 1.807) is 6.20 Å². The van der Waals surface area contributed by atoms with Crippen molar-refractivity contribution in [1.29, 1.82) is 0 Å². The summed E-state index contributed by atoms with van der Waals surface area (Å²) in [5.41, 5.74) is 1.45. The van der Waals surface area contributed by atoms with Gasteiger partial charge in [-0.1, -0.05) is 6.92 Å². The van der Waals surface area contributed by atoms with Crippen LogP contribution in [0.1, 0.15) is 37.2 Å². The van der Waals surface area contributed by atoms with Crippen molar-refractivity contribution in [2.24, 2.45) is 5.92 Å². The predicted molar refractivity (Wildman–Crippen MR) is 72.7 cm³/mol. The van der Waals surface area contributed by atoms with Gasteiger partial charge in [0.2, 0.25) is 0 Å². The number of nitrogens with one attached hydrogen (secondary N) is 1. The normalized spacial score (nSPS) is 23.8. The van der Waals surface area contributed by atoms with Crippen LogP contribution in [0.2, 0.25) is 0 Å². The molecule has 2 heterocycles. The first-order valence-corrected chi connectivity index (χ1v) is 6.56. The Balaban J connectivity index is 2.18. The molecule has 0 radical (unpaired) electrons. The predicted octanol–water partition coefficient (Wildman–Crippen LogP) is 2.38. The maximum Gasteiger partial charge on any atom is 0.272 e. The Hall–Kier alpha value is -1.58. The SMILES string of the molecule is CNc1ccnc(C(=O)N2CC(C)CCC2C)c1. The number of carbonyl (C=O) groups excluding carboxylic acids is 1. The Morgan fingerprint density at radius 1 is 1.44 bits per heavy atom. The first kappa shape index (κ1) is 12.9. The van der Waals surface area contributed by atoms with Gasteiger partial charge < -0.3 is 10.2 Å². The van der Waals surface area contributed by atoms with Gasteiger partial charge in [-0.05, 0) is 37.8 Å². The number of pyridine rings is 1. The lowest BCUT2D eigenvalue weighted by Crippen LogP contribution is -2.45. The Labute approximate surface area is 108 Å². The molecule has 1 aliphatic heterocycles. The summed E-state index contributed by atoms with van der Waals surface area (Å²) in [6, 6.07) is 3.99. The maximum atomic E-state index is 12.5. The van der Waals surface area contributed by atoms with Crippen molar-refractivity contribution in [3.8, 4) is 0 Å². The molecule has 0 spiro atoms. The largest absolute Gasteiger partial charge is 0.388 e. The zero-order valence-electron chi connectivity index (χ0n) is 11.3. The van der Waals surface area contributed by atoms with Gasteiger partial charge in [-0.25, -0.2) is 0 Å². The van der Waals surface area contributed by atoms with Crippen molar-refractivity contribution in [2.75, 3.05) is 18.9 Å². The number of hydrogen-bond donors (Lipinski definition) is 1. The van der Waals surface area contributed by atoms with Crippen molar-refractivity contribution in [1.82, 2.24) is 9.88 Å². The Bertz CT molecular complexity index is 433. The van der Waals surface area contributed by atoms with Gasteiger partial charge in [0.1, 0.15) is 5.69 Å². The molecule has 2 atom stereocenters. The first-order valence-electron chi connectivity index (χ1n) is 6.56. The van der Waals surface area contributed by atoms with Crippen LogP contribution in [0.5, 0.6) is 0 Å². The summed E-state index contributed by atoms with van der Waals surface area (Å²) in [4.78, 5) is 18.6. The van der Waals surface area contributed by atoms with E-state index in [0.29, 0.717) is 17.7 Å². The third-order valence-electron chi connectivity index (χ3n) is 3.65. The minimum absolute atomic E-state index is 0.0474. The molecule has 1 aliphatic rings. The van der Waals surface area contributed by atoms with E-state index in [9.17, 15) is 4.79 Å². The second kappa shape index (κ2) is 5.38. The quantitative estimate of drug-likeness (QED) is 0.872. The molecule has 4 nitrogen and oxygen atoms in total. The molecule has 2 rings (SSSR count). The molecule has 1 amide bonds. The van der Waals surface area contributed by atoms with Crippen LogP contribution in [0.3, 0.4) is 0 Å². The molecule has 1 fully saturated rings.